The van der Waals surface area contributed by atoms with E-state index in [2.05, 4.69) is 5.32 Å². The van der Waals surface area contributed by atoms with E-state index in [1.807, 2.05) is 12.1 Å². The molecule has 2 aromatic carbocycles. The van der Waals surface area contributed by atoms with Crippen molar-refractivity contribution in [2.24, 2.45) is 0 Å². The zero-order valence-corrected chi connectivity index (χ0v) is 23.3. The summed E-state index contributed by atoms with van der Waals surface area (Å²) in [6.45, 7) is 4.86. The Bertz CT molecular complexity index is 1160. The maximum absolute atomic E-state index is 13.2. The number of fused-ring (bicyclic) bond motifs is 1. The number of amides is 1. The molecule has 222 valence electrons. The molecule has 41 heavy (non-hydrogen) atoms. The molecule has 2 aliphatic rings. The van der Waals surface area contributed by atoms with Gasteiger partial charge in [-0.25, -0.2) is 14.4 Å². The Labute approximate surface area is 238 Å². The molecule has 12 nitrogen and oxygen atoms in total. The molecule has 4 rings (SSSR count). The van der Waals surface area contributed by atoms with Crippen molar-refractivity contribution in [2.45, 2.75) is 76.5 Å². The van der Waals surface area contributed by atoms with Gasteiger partial charge in [0.1, 0.15) is 31.5 Å². The van der Waals surface area contributed by atoms with Crippen LogP contribution in [0.15, 0.2) is 60.7 Å². The van der Waals surface area contributed by atoms with Gasteiger partial charge >= 0.3 is 18.2 Å². The van der Waals surface area contributed by atoms with Crippen LogP contribution in [0, 0.1) is 0 Å². The fraction of sp³-hybridized carbons (Fsp3) is 0.483. The maximum atomic E-state index is 13.2. The second-order valence-electron chi connectivity index (χ2n) is 9.81. The molecule has 2 heterocycles. The lowest BCUT2D eigenvalue weighted by Crippen LogP contribution is -2.58. The number of hydrogen-bond donors (Lipinski definition) is 1. The van der Waals surface area contributed by atoms with Crippen LogP contribution in [-0.4, -0.2) is 74.5 Å². The molecule has 2 fully saturated rings. The molecule has 0 unspecified atom stereocenters. The molecule has 2 aromatic rings. The molecule has 0 radical (unpaired) electrons. The van der Waals surface area contributed by atoms with Gasteiger partial charge in [-0.1, -0.05) is 60.7 Å². The van der Waals surface area contributed by atoms with Gasteiger partial charge in [-0.15, -0.1) is 0 Å². The van der Waals surface area contributed by atoms with Gasteiger partial charge in [0.2, 0.25) is 0 Å². The highest BCUT2D eigenvalue weighted by molar-refractivity contribution is 5.82. The molecule has 0 aliphatic carbocycles. The summed E-state index contributed by atoms with van der Waals surface area (Å²) in [5.41, 5.74) is 1.45. The number of hydrogen-bond acceptors (Lipinski definition) is 11. The van der Waals surface area contributed by atoms with Crippen molar-refractivity contribution in [2.75, 3.05) is 13.7 Å². The summed E-state index contributed by atoms with van der Waals surface area (Å²) in [5, 5.41) is 2.48. The first-order valence-corrected chi connectivity index (χ1v) is 13.3. The van der Waals surface area contributed by atoms with Crippen molar-refractivity contribution in [1.29, 1.82) is 0 Å². The molecule has 0 spiro atoms. The summed E-state index contributed by atoms with van der Waals surface area (Å²) in [4.78, 5) is 39.0. The summed E-state index contributed by atoms with van der Waals surface area (Å²) in [6, 6.07) is 16.4. The Morgan fingerprint density at radius 1 is 0.878 bits per heavy atom. The fourth-order valence-corrected chi connectivity index (χ4v) is 4.63. The highest BCUT2D eigenvalue weighted by Crippen LogP contribution is 2.41. The van der Waals surface area contributed by atoms with Gasteiger partial charge in [-0.3, -0.25) is 0 Å². The molecule has 12 heteroatoms. The van der Waals surface area contributed by atoms with Gasteiger partial charge in [-0.2, -0.15) is 0 Å². The first-order chi connectivity index (χ1) is 19.7. The molecule has 1 N–H and O–H groups in total. The van der Waals surface area contributed by atoms with Crippen LogP contribution in [0.4, 0.5) is 9.59 Å². The van der Waals surface area contributed by atoms with Crippen LogP contribution in [0.3, 0.4) is 0 Å². The highest BCUT2D eigenvalue weighted by Gasteiger charge is 2.60. The molecule has 2 aliphatic heterocycles. The van der Waals surface area contributed by atoms with Crippen molar-refractivity contribution in [3.05, 3.63) is 71.8 Å². The number of methoxy groups -OCH3 is 1. The monoisotopic (exact) mass is 573 g/mol. The summed E-state index contributed by atoms with van der Waals surface area (Å²) in [7, 11) is 1.42. The van der Waals surface area contributed by atoms with Crippen molar-refractivity contribution in [1.82, 2.24) is 5.32 Å². The predicted molar refractivity (Wildman–Crippen MR) is 141 cm³/mol. The van der Waals surface area contributed by atoms with Crippen LogP contribution < -0.4 is 5.32 Å². The minimum absolute atomic E-state index is 0.00777. The maximum Gasteiger partial charge on any atom is 0.509 e. The van der Waals surface area contributed by atoms with E-state index >= 15 is 0 Å². The van der Waals surface area contributed by atoms with E-state index in [0.29, 0.717) is 0 Å². The molecule has 0 bridgehead atoms. The number of benzene rings is 2. The average molecular weight is 574 g/mol. The van der Waals surface area contributed by atoms with E-state index in [0.717, 1.165) is 11.1 Å². The van der Waals surface area contributed by atoms with Gasteiger partial charge in [0.15, 0.2) is 24.2 Å². The third kappa shape index (κ3) is 7.94. The van der Waals surface area contributed by atoms with Crippen LogP contribution in [0.1, 0.15) is 31.9 Å². The molecular formula is C29H35NO11. The number of esters is 1. The first kappa shape index (κ1) is 30.3. The lowest BCUT2D eigenvalue weighted by molar-refractivity contribution is -0.239. The van der Waals surface area contributed by atoms with Crippen molar-refractivity contribution >= 4 is 18.2 Å². The molecule has 2 saturated heterocycles. The predicted octanol–water partition coefficient (Wildman–Crippen LogP) is 3.46. The van der Waals surface area contributed by atoms with Gasteiger partial charge in [0, 0.05) is 7.11 Å². The minimum Gasteiger partial charge on any atom is -0.464 e. The number of rotatable bonds is 11. The van der Waals surface area contributed by atoms with Crippen LogP contribution >= 0.6 is 0 Å². The normalized spacial score (nSPS) is 24.0. The fourth-order valence-electron chi connectivity index (χ4n) is 4.63. The summed E-state index contributed by atoms with van der Waals surface area (Å²) in [5.74, 6) is -1.90. The Kier molecular flexibility index (Phi) is 10.2. The molecule has 0 aromatic heterocycles. The van der Waals surface area contributed by atoms with Gasteiger partial charge in [-0.05, 0) is 31.9 Å². The van der Waals surface area contributed by atoms with E-state index < -0.39 is 60.8 Å². The number of nitrogens with one attached hydrogen (secondary N) is 1. The van der Waals surface area contributed by atoms with Crippen LogP contribution in [-0.2, 0) is 55.9 Å². The minimum atomic E-state index is -1.56. The summed E-state index contributed by atoms with van der Waals surface area (Å²) < 4.78 is 45.0. The van der Waals surface area contributed by atoms with E-state index in [-0.39, 0.29) is 19.8 Å². The zero-order valence-electron chi connectivity index (χ0n) is 23.3. The second kappa shape index (κ2) is 13.8. The van der Waals surface area contributed by atoms with E-state index in [1.54, 1.807) is 69.3 Å². The summed E-state index contributed by atoms with van der Waals surface area (Å²) >= 11 is 0. The average Bonchev–Trinajstić information content (AvgIpc) is 3.46. The molecule has 0 saturated carbocycles. The number of ether oxygens (including phenoxy) is 8. The first-order valence-electron chi connectivity index (χ1n) is 13.3. The third-order valence-corrected chi connectivity index (χ3v) is 6.39. The zero-order chi connectivity index (χ0) is 29.4. The molecule has 6 atom stereocenters. The van der Waals surface area contributed by atoms with Crippen LogP contribution in [0.2, 0.25) is 0 Å². The van der Waals surface area contributed by atoms with E-state index in [4.69, 9.17) is 37.9 Å². The topological polar surface area (TPSA) is 137 Å². The number of carbonyl (C=O) groups is 3. The van der Waals surface area contributed by atoms with Gasteiger partial charge in [0.25, 0.3) is 0 Å². The summed E-state index contributed by atoms with van der Waals surface area (Å²) in [6.07, 6.45) is -7.11. The lowest BCUT2D eigenvalue weighted by Gasteiger charge is -2.32. The Hall–Kier alpha value is -3.71. The van der Waals surface area contributed by atoms with E-state index in [1.165, 1.54) is 7.11 Å². The van der Waals surface area contributed by atoms with Crippen LogP contribution in [0.25, 0.3) is 0 Å². The standard InChI is InChI=1S/C29H35NO11/c1-5-35-25(31)20(30-27(32)36-16-18-12-8-6-9-13-18)21(39-28(33)37-17-19-14-10-7-11-15-19)22-23-24(26(34-4)38-22)41-29(2,3)40-23/h6-15,20-24,26H,5,16-17H2,1-4H3,(H,30,32)/t20-,21-,22+,23+,24+,26+/m0/s1. The van der Waals surface area contributed by atoms with Gasteiger partial charge < -0.3 is 43.2 Å². The smallest absolute Gasteiger partial charge is 0.464 e. The highest BCUT2D eigenvalue weighted by atomic mass is 16.8. The molecular weight excluding hydrogens is 538 g/mol. The van der Waals surface area contributed by atoms with Crippen molar-refractivity contribution < 1.29 is 52.3 Å². The Balaban J connectivity index is 1.57. The van der Waals surface area contributed by atoms with Gasteiger partial charge in [0.05, 0.1) is 6.61 Å². The number of alkyl carbamates (subject to hydrolysis) is 1. The largest absolute Gasteiger partial charge is 0.509 e. The van der Waals surface area contributed by atoms with E-state index in [9.17, 15) is 14.4 Å². The van der Waals surface area contributed by atoms with Crippen LogP contribution in [0.5, 0.6) is 0 Å². The SMILES string of the molecule is CCOC(=O)[C@@H](NC(=O)OCc1ccccc1)[C@H](OC(=O)OCc1ccccc1)[C@H]1O[C@@H](OC)[C@@H]2OC(C)(C)O[C@H]12. The van der Waals surface area contributed by atoms with Crippen molar-refractivity contribution in [3.63, 3.8) is 0 Å². The number of carbonyl (C=O) groups excluding carboxylic acids is 3. The molecule has 1 amide bonds. The quantitative estimate of drug-likeness (QED) is 0.313. The third-order valence-electron chi connectivity index (χ3n) is 6.39. The Morgan fingerprint density at radius 2 is 1.46 bits per heavy atom. The lowest BCUT2D eigenvalue weighted by atomic mass is 9.99. The second-order valence-corrected chi connectivity index (χ2v) is 9.81. The Morgan fingerprint density at radius 3 is 2.05 bits per heavy atom. The van der Waals surface area contributed by atoms with Crippen molar-refractivity contribution in [3.8, 4) is 0 Å².